The summed E-state index contributed by atoms with van der Waals surface area (Å²) >= 11 is 2.87. The second kappa shape index (κ2) is 45.2. The summed E-state index contributed by atoms with van der Waals surface area (Å²) in [7, 11) is 0. The Hall–Kier alpha value is -2.37. The molecular formula is C46H87N5O9S2. The van der Waals surface area contributed by atoms with E-state index in [1.54, 1.807) is 11.8 Å². The van der Waals surface area contributed by atoms with E-state index in [1.807, 2.05) is 20.8 Å². The highest BCUT2D eigenvalue weighted by Gasteiger charge is 2.20. The first kappa shape index (κ1) is 59.6. The zero-order chi connectivity index (χ0) is 45.7. The van der Waals surface area contributed by atoms with E-state index >= 15 is 0 Å². The number of thioether (sulfide) groups is 2. The largest absolute Gasteiger partial charge is 0.379 e. The van der Waals surface area contributed by atoms with Gasteiger partial charge in [-0.15, -0.1) is 23.5 Å². The second-order valence-electron chi connectivity index (χ2n) is 15.9. The van der Waals surface area contributed by atoms with Crippen molar-refractivity contribution in [1.82, 2.24) is 26.6 Å². The van der Waals surface area contributed by atoms with Gasteiger partial charge in [0.2, 0.25) is 29.5 Å². The molecule has 0 saturated carbocycles. The van der Waals surface area contributed by atoms with Crippen LogP contribution in [0.5, 0.6) is 0 Å². The number of unbranched alkanes of at least 4 members (excludes halogenated alkanes) is 14. The van der Waals surface area contributed by atoms with Gasteiger partial charge in [0.1, 0.15) is 6.04 Å². The molecule has 0 spiro atoms. The lowest BCUT2D eigenvalue weighted by Gasteiger charge is -2.19. The molecule has 0 rings (SSSR count). The number of hydrogen-bond donors (Lipinski definition) is 5. The average molecular weight is 918 g/mol. The Kier molecular flexibility index (Phi) is 43.5. The Bertz CT molecular complexity index is 1150. The summed E-state index contributed by atoms with van der Waals surface area (Å²) in [6.07, 6.45) is 21.4. The Labute approximate surface area is 384 Å². The number of carbonyl (C=O) groups is 5. The summed E-state index contributed by atoms with van der Waals surface area (Å²) in [5.41, 5.74) is 0. The molecule has 5 N–H and O–H groups in total. The first-order valence-electron chi connectivity index (χ1n) is 23.6. The van der Waals surface area contributed by atoms with Gasteiger partial charge in [-0.3, -0.25) is 24.0 Å². The third-order valence-electron chi connectivity index (χ3n) is 9.55. The van der Waals surface area contributed by atoms with Crippen LogP contribution in [0.2, 0.25) is 0 Å². The van der Waals surface area contributed by atoms with E-state index in [2.05, 4.69) is 40.1 Å². The van der Waals surface area contributed by atoms with Crippen LogP contribution in [0.4, 0.5) is 0 Å². The number of allylic oxidation sites excluding steroid dienone is 1. The Morgan fingerprint density at radius 3 is 1.45 bits per heavy atom. The molecule has 0 radical (unpaired) electrons. The molecular weight excluding hydrogens is 831 g/mol. The molecule has 0 aliphatic heterocycles. The normalized spacial score (nSPS) is 11.6. The summed E-state index contributed by atoms with van der Waals surface area (Å²) in [4.78, 5) is 62.2. The predicted octanol–water partition coefficient (Wildman–Crippen LogP) is 6.84. The van der Waals surface area contributed by atoms with Crippen LogP contribution < -0.4 is 26.6 Å². The molecule has 0 aliphatic rings. The number of nitrogens with one attached hydrogen (secondary N) is 5. The molecule has 0 aromatic heterocycles. The van der Waals surface area contributed by atoms with Crippen LogP contribution in [0.25, 0.3) is 0 Å². The van der Waals surface area contributed by atoms with E-state index in [0.29, 0.717) is 89.5 Å². The molecule has 1 atom stereocenters. The van der Waals surface area contributed by atoms with Gasteiger partial charge >= 0.3 is 0 Å². The van der Waals surface area contributed by atoms with Crippen molar-refractivity contribution in [3.63, 3.8) is 0 Å². The van der Waals surface area contributed by atoms with Gasteiger partial charge in [0.25, 0.3) is 0 Å². The highest BCUT2D eigenvalue weighted by molar-refractivity contribution is 8.03. The lowest BCUT2D eigenvalue weighted by molar-refractivity contribution is -0.128. The van der Waals surface area contributed by atoms with E-state index in [-0.39, 0.29) is 61.5 Å². The molecule has 362 valence electrons. The summed E-state index contributed by atoms with van der Waals surface area (Å²) in [6, 6.07) is -0.736. The van der Waals surface area contributed by atoms with Crippen molar-refractivity contribution in [2.75, 3.05) is 90.5 Å². The summed E-state index contributed by atoms with van der Waals surface area (Å²) in [5, 5.41) is 14.5. The van der Waals surface area contributed by atoms with Crippen molar-refractivity contribution in [2.24, 2.45) is 0 Å². The van der Waals surface area contributed by atoms with Crippen molar-refractivity contribution in [3.8, 4) is 0 Å². The number of ether oxygens (including phenoxy) is 4. The second-order valence-corrected chi connectivity index (χ2v) is 18.7. The fourth-order valence-electron chi connectivity index (χ4n) is 6.06. The van der Waals surface area contributed by atoms with E-state index in [1.165, 1.54) is 95.2 Å². The highest BCUT2D eigenvalue weighted by Crippen LogP contribution is 2.14. The smallest absolute Gasteiger partial charge is 0.242 e. The van der Waals surface area contributed by atoms with E-state index in [9.17, 15) is 24.0 Å². The van der Waals surface area contributed by atoms with Crippen LogP contribution in [-0.4, -0.2) is 131 Å². The van der Waals surface area contributed by atoms with Gasteiger partial charge in [0, 0.05) is 39.0 Å². The zero-order valence-corrected chi connectivity index (χ0v) is 40.8. The molecule has 0 aliphatic carbocycles. The highest BCUT2D eigenvalue weighted by atomic mass is 32.2. The minimum atomic E-state index is -0.736. The van der Waals surface area contributed by atoms with Crippen LogP contribution in [0.3, 0.4) is 0 Å². The summed E-state index contributed by atoms with van der Waals surface area (Å²) in [6.45, 7) is 16.2. The third-order valence-corrected chi connectivity index (χ3v) is 11.5. The van der Waals surface area contributed by atoms with Crippen molar-refractivity contribution >= 4 is 53.1 Å². The number of hydrogen-bond acceptors (Lipinski definition) is 11. The van der Waals surface area contributed by atoms with Gasteiger partial charge in [-0.25, -0.2) is 0 Å². The van der Waals surface area contributed by atoms with Crippen molar-refractivity contribution < 1.29 is 42.9 Å². The topological polar surface area (TPSA) is 182 Å². The van der Waals surface area contributed by atoms with Crippen LogP contribution in [0.15, 0.2) is 11.5 Å². The van der Waals surface area contributed by atoms with Crippen LogP contribution >= 0.6 is 23.5 Å². The van der Waals surface area contributed by atoms with Crippen molar-refractivity contribution in [1.29, 1.82) is 0 Å². The number of amides is 5. The maximum absolute atomic E-state index is 12.9. The first-order chi connectivity index (χ1) is 30.0. The minimum absolute atomic E-state index is 0.0503. The SMILES string of the molecule is C=C(C)SCC(=O)N[C@@H](CCCNC(=O)CSC(C)C)C(=O)NCCOCCOCCC(=O)NCCOCCOCCNC(=O)CCCCCCCCCCCCCCCCC. The molecule has 62 heavy (non-hydrogen) atoms. The number of carbonyl (C=O) groups excluding carboxylic acids is 5. The van der Waals surface area contributed by atoms with Gasteiger partial charge in [0.05, 0.1) is 64.4 Å². The van der Waals surface area contributed by atoms with E-state index < -0.39 is 6.04 Å². The molecule has 0 saturated heterocycles. The van der Waals surface area contributed by atoms with Crippen molar-refractivity contribution in [3.05, 3.63) is 11.5 Å². The third kappa shape index (κ3) is 44.2. The van der Waals surface area contributed by atoms with E-state index in [4.69, 9.17) is 18.9 Å². The molecule has 16 heteroatoms. The molecule has 0 aromatic carbocycles. The molecule has 0 aromatic rings. The maximum atomic E-state index is 12.9. The number of rotatable bonds is 46. The zero-order valence-electron chi connectivity index (χ0n) is 39.2. The standard InChI is InChI=1S/C46H87N5O9S2/c1-6-7-8-9-10-11-12-13-14-15-16-17-18-19-20-23-42(52)48-26-30-58-35-36-59-31-27-49-43(53)24-29-57-33-34-60-32-28-50-46(56)41(51-45(55)38-62-40(4)5)22-21-25-47-44(54)37-61-39(2)3/h39,41H,4,6-38H2,1-3,5H3,(H,47,54)(H,48,52)(H,49,53)(H,50,56)(H,51,55)/t41-/m0/s1. The van der Waals surface area contributed by atoms with Crippen LogP contribution in [0.1, 0.15) is 150 Å². The van der Waals surface area contributed by atoms with Crippen LogP contribution in [-0.2, 0) is 42.9 Å². The Morgan fingerprint density at radius 2 is 0.952 bits per heavy atom. The van der Waals surface area contributed by atoms with E-state index in [0.717, 1.165) is 17.7 Å². The van der Waals surface area contributed by atoms with Crippen LogP contribution in [0, 0.1) is 0 Å². The lowest BCUT2D eigenvalue weighted by atomic mass is 10.0. The van der Waals surface area contributed by atoms with Gasteiger partial charge in [-0.05, 0) is 36.3 Å². The Morgan fingerprint density at radius 1 is 0.500 bits per heavy atom. The lowest BCUT2D eigenvalue weighted by Crippen LogP contribution is -2.48. The molecule has 0 bridgehead atoms. The maximum Gasteiger partial charge on any atom is 0.242 e. The Balaban J connectivity index is 3.72. The minimum Gasteiger partial charge on any atom is -0.379 e. The quantitative estimate of drug-likeness (QED) is 0.0404. The van der Waals surface area contributed by atoms with Gasteiger partial charge < -0.3 is 45.5 Å². The summed E-state index contributed by atoms with van der Waals surface area (Å²) in [5.74, 6) is -0.132. The first-order valence-corrected chi connectivity index (χ1v) is 25.7. The van der Waals surface area contributed by atoms with Gasteiger partial charge in [0.15, 0.2) is 0 Å². The molecule has 5 amide bonds. The molecule has 14 nitrogen and oxygen atoms in total. The molecule has 0 unspecified atom stereocenters. The fourth-order valence-corrected chi connectivity index (χ4v) is 7.11. The molecule has 0 fully saturated rings. The van der Waals surface area contributed by atoms with Crippen molar-refractivity contribution in [2.45, 2.75) is 161 Å². The predicted molar refractivity (Wildman–Crippen MR) is 256 cm³/mol. The fraction of sp³-hybridized carbons (Fsp3) is 0.848. The summed E-state index contributed by atoms with van der Waals surface area (Å²) < 4.78 is 22.1. The molecule has 0 heterocycles. The average Bonchev–Trinajstić information content (AvgIpc) is 3.24. The van der Waals surface area contributed by atoms with Gasteiger partial charge in [-0.1, -0.05) is 117 Å². The van der Waals surface area contributed by atoms with Gasteiger partial charge in [-0.2, -0.15) is 0 Å². The monoisotopic (exact) mass is 918 g/mol.